The minimum atomic E-state index is -0.0989. The van der Waals surface area contributed by atoms with Crippen LogP contribution < -0.4 is 9.30 Å². The average Bonchev–Trinajstić information content (AvgIpc) is 4.10. The first kappa shape index (κ1) is 50.6. The summed E-state index contributed by atoms with van der Waals surface area (Å²) in [5.41, 5.74) is 21.8. The Morgan fingerprint density at radius 1 is 0.425 bits per heavy atom. The van der Waals surface area contributed by atoms with Crippen LogP contribution in [0.15, 0.2) is 231 Å². The summed E-state index contributed by atoms with van der Waals surface area (Å²) < 4.78 is 13.5. The van der Waals surface area contributed by atoms with E-state index in [1.165, 1.54) is 27.8 Å². The molecule has 3 aromatic heterocycles. The quantitative estimate of drug-likeness (QED) is 0.118. The number of aromatic nitrogens is 4. The van der Waals surface area contributed by atoms with Crippen LogP contribution in [-0.2, 0) is 31.9 Å². The van der Waals surface area contributed by atoms with E-state index in [-0.39, 0.29) is 31.9 Å². The van der Waals surface area contributed by atoms with E-state index >= 15 is 0 Å². The first-order valence-corrected chi connectivity index (χ1v) is 27.2. The van der Waals surface area contributed by atoms with Gasteiger partial charge in [0.05, 0.1) is 16.7 Å². The van der Waals surface area contributed by atoms with Crippen molar-refractivity contribution >= 4 is 32.8 Å². The Morgan fingerprint density at radius 2 is 1.00 bits per heavy atom. The molecule has 1 aliphatic rings. The fourth-order valence-electron chi connectivity index (χ4n) is 11.7. The number of hydrogen-bond acceptors (Lipinski definition) is 2. The second kappa shape index (κ2) is 19.8. The van der Waals surface area contributed by atoms with Crippen molar-refractivity contribution in [2.24, 2.45) is 0 Å². The molecule has 5 nitrogen and oxygen atoms in total. The van der Waals surface area contributed by atoms with Gasteiger partial charge in [0.2, 0.25) is 0 Å². The second-order valence-corrected chi connectivity index (χ2v) is 22.8. The zero-order valence-corrected chi connectivity index (χ0v) is 47.7. The van der Waals surface area contributed by atoms with Crippen molar-refractivity contribution in [2.75, 3.05) is 0 Å². The van der Waals surface area contributed by atoms with Gasteiger partial charge in [-0.25, -0.2) is 4.98 Å². The van der Waals surface area contributed by atoms with Crippen LogP contribution in [0.3, 0.4) is 0 Å². The molecule has 0 spiro atoms. The van der Waals surface area contributed by atoms with E-state index in [1.807, 2.05) is 24.4 Å². The largest absolute Gasteiger partial charge is 0.510 e. The molecule has 13 aromatic rings. The van der Waals surface area contributed by atoms with E-state index in [1.54, 1.807) is 0 Å². The van der Waals surface area contributed by atoms with Gasteiger partial charge in [-0.2, -0.15) is 18.2 Å². The van der Waals surface area contributed by atoms with Crippen LogP contribution in [0.1, 0.15) is 52.7 Å². The molecule has 0 fully saturated rings. The third-order valence-corrected chi connectivity index (χ3v) is 15.7. The van der Waals surface area contributed by atoms with Crippen LogP contribution in [0, 0.1) is 18.5 Å². The molecule has 6 heteroatoms. The summed E-state index contributed by atoms with van der Waals surface area (Å²) in [6.07, 6.45) is 5.91. The van der Waals surface area contributed by atoms with E-state index in [0.29, 0.717) is 11.5 Å². The zero-order chi connectivity index (χ0) is 53.6. The standard InChI is InChI=1S/C74H56N4O.Pt/c1-73(2,3)53-34-36-61-59-26-13-14-27-60(59)64-31-19-33-68-72(64)77(71-58(29-18-30-65(71)66(61)43-53)52-41-50(48-20-9-7-10-21-48)40-51(42-52)49-22-11-8-12-23-49)47-76(68)55-24-17-25-56(45-55)79-57-35-37-63-62-28-15-16-32-67(62)78(69(63)46-57)70-44-54(38-39-75-70)74(4,5)6;/h7-44H,1-6H3;/q-2;. The van der Waals surface area contributed by atoms with Gasteiger partial charge in [-0.3, -0.25) is 4.57 Å². The first-order chi connectivity index (χ1) is 38.4. The molecule has 80 heavy (non-hydrogen) atoms. The molecule has 4 heterocycles. The van der Waals surface area contributed by atoms with Crippen LogP contribution >= 0.6 is 0 Å². The number of imidazole rings is 1. The predicted octanol–water partition coefficient (Wildman–Crippen LogP) is 18.5. The van der Waals surface area contributed by atoms with Crippen molar-refractivity contribution in [3.05, 3.63) is 260 Å². The second-order valence-electron chi connectivity index (χ2n) is 22.8. The molecule has 0 atom stereocenters. The van der Waals surface area contributed by atoms with Gasteiger partial charge in [-0.15, -0.1) is 29.7 Å². The fraction of sp³-hybridized carbons (Fsp3) is 0.108. The van der Waals surface area contributed by atoms with Crippen LogP contribution in [-0.4, -0.2) is 14.1 Å². The molecular formula is C74H56N4OPt-2. The molecule has 1 aliphatic heterocycles. The number of nitrogens with zero attached hydrogens (tertiary/aromatic N) is 4. The zero-order valence-electron chi connectivity index (χ0n) is 45.5. The molecule has 0 bridgehead atoms. The van der Waals surface area contributed by atoms with Crippen molar-refractivity contribution in [3.8, 4) is 95.5 Å². The van der Waals surface area contributed by atoms with Gasteiger partial charge in [0, 0.05) is 44.3 Å². The number of ether oxygens (including phenoxy) is 1. The van der Waals surface area contributed by atoms with Crippen molar-refractivity contribution in [1.82, 2.24) is 14.1 Å². The summed E-state index contributed by atoms with van der Waals surface area (Å²) in [7, 11) is 0. The summed E-state index contributed by atoms with van der Waals surface area (Å²) in [5.74, 6) is 1.98. The van der Waals surface area contributed by atoms with Crippen molar-refractivity contribution in [2.45, 2.75) is 52.4 Å². The van der Waals surface area contributed by atoms with Crippen molar-refractivity contribution in [1.29, 1.82) is 0 Å². The molecule has 10 aromatic carbocycles. The molecule has 0 unspecified atom stereocenters. The smallest absolute Gasteiger partial charge is 0.268 e. The minimum absolute atomic E-state index is 0. The number of benzene rings is 10. The van der Waals surface area contributed by atoms with E-state index in [0.717, 1.165) is 100 Å². The van der Waals surface area contributed by atoms with Gasteiger partial charge in [-0.05, 0) is 136 Å². The van der Waals surface area contributed by atoms with Crippen LogP contribution in [0.4, 0.5) is 0 Å². The van der Waals surface area contributed by atoms with Crippen LogP contribution in [0.2, 0.25) is 0 Å². The minimum Gasteiger partial charge on any atom is -0.510 e. The Balaban J connectivity index is 0.00000605. The Morgan fingerprint density at radius 3 is 1.74 bits per heavy atom. The maximum absolute atomic E-state index is 6.83. The number of hydrogen-bond donors (Lipinski definition) is 0. The maximum atomic E-state index is 6.83. The molecule has 0 saturated heterocycles. The molecular weight excluding hydrogens is 1160 g/mol. The monoisotopic (exact) mass is 1210 g/mol. The molecule has 0 radical (unpaired) electrons. The average molecular weight is 1210 g/mol. The predicted molar refractivity (Wildman–Crippen MR) is 324 cm³/mol. The Kier molecular flexibility index (Phi) is 12.5. The molecule has 390 valence electrons. The Bertz CT molecular complexity index is 4480. The summed E-state index contributed by atoms with van der Waals surface area (Å²) in [6.45, 7) is 13.6. The van der Waals surface area contributed by atoms with E-state index < -0.39 is 0 Å². The summed E-state index contributed by atoms with van der Waals surface area (Å²) in [5, 5.41) is 2.21. The maximum Gasteiger partial charge on any atom is 0.268 e. The number of pyridine rings is 1. The SMILES string of the molecule is CC(C)(C)c1ccnc(-n2c3[c-]c(Oc4[c-]c(-n5[c-][n+]6c7c(cccc75)-c5ccccc5-c5ccc(C(C)(C)C)cc5-c5cccc(-c7cc(-c8ccccc8)cc(-c8ccccc8)c7)c5-6)ccc4)ccc3c3ccccc32)c1.[Pt]. The third-order valence-electron chi connectivity index (χ3n) is 15.7. The number of para-hydroxylation sites is 3. The van der Waals surface area contributed by atoms with Crippen LogP contribution in [0.25, 0.3) is 117 Å². The number of rotatable bonds is 7. The van der Waals surface area contributed by atoms with Crippen LogP contribution in [0.5, 0.6) is 11.5 Å². The van der Waals surface area contributed by atoms with Gasteiger partial charge in [0.15, 0.2) is 0 Å². The summed E-state index contributed by atoms with van der Waals surface area (Å²) in [6, 6.07) is 88.3. The van der Waals surface area contributed by atoms with E-state index in [2.05, 4.69) is 280 Å². The topological polar surface area (TPSA) is 35.9 Å². The summed E-state index contributed by atoms with van der Waals surface area (Å²) in [4.78, 5) is 4.91. The Labute approximate surface area is 482 Å². The molecule has 14 rings (SSSR count). The molecule has 0 saturated carbocycles. The van der Waals surface area contributed by atoms with Gasteiger partial charge in [0.1, 0.15) is 5.82 Å². The van der Waals surface area contributed by atoms with Gasteiger partial charge in [-0.1, -0.05) is 205 Å². The molecule has 0 aliphatic carbocycles. The summed E-state index contributed by atoms with van der Waals surface area (Å²) >= 11 is 0. The fourth-order valence-corrected chi connectivity index (χ4v) is 11.7. The first-order valence-electron chi connectivity index (χ1n) is 27.2. The van der Waals surface area contributed by atoms with E-state index in [4.69, 9.17) is 9.72 Å². The molecule has 0 amide bonds. The van der Waals surface area contributed by atoms with Crippen molar-refractivity contribution < 1.29 is 30.4 Å². The number of fused-ring (bicyclic) bond motifs is 10. The normalized spacial score (nSPS) is 12.0. The van der Waals surface area contributed by atoms with E-state index in [9.17, 15) is 0 Å². The third kappa shape index (κ3) is 8.78. The van der Waals surface area contributed by atoms with Gasteiger partial charge in [0.25, 0.3) is 6.33 Å². The Hall–Kier alpha value is -8.89. The van der Waals surface area contributed by atoms with Gasteiger partial charge >= 0.3 is 0 Å². The molecule has 0 N–H and O–H groups in total. The van der Waals surface area contributed by atoms with Gasteiger partial charge < -0.3 is 13.9 Å². The van der Waals surface area contributed by atoms with Crippen molar-refractivity contribution in [3.63, 3.8) is 0 Å².